The van der Waals surface area contributed by atoms with Crippen LogP contribution in [0.3, 0.4) is 0 Å². The molecule has 1 heterocycles. The Morgan fingerprint density at radius 3 is 2.34 bits per heavy atom. The SMILES string of the molecule is N#Cc1ccc(-c2nnc(NCCNC(=O)Nc3ccc(OC(F)F)cc3)c3ccccc23)cc1. The van der Waals surface area contributed by atoms with E-state index in [-0.39, 0.29) is 5.75 Å². The van der Waals surface area contributed by atoms with Gasteiger partial charge in [0.25, 0.3) is 0 Å². The van der Waals surface area contributed by atoms with E-state index in [1.807, 2.05) is 36.4 Å². The molecule has 0 spiro atoms. The van der Waals surface area contributed by atoms with Crippen molar-refractivity contribution in [3.05, 3.63) is 78.4 Å². The number of halogens is 2. The van der Waals surface area contributed by atoms with Crippen molar-refractivity contribution in [1.29, 1.82) is 5.26 Å². The van der Waals surface area contributed by atoms with E-state index >= 15 is 0 Å². The van der Waals surface area contributed by atoms with Gasteiger partial charge in [0.15, 0.2) is 5.82 Å². The van der Waals surface area contributed by atoms with Crippen LogP contribution in [0.5, 0.6) is 5.75 Å². The molecule has 176 valence electrons. The van der Waals surface area contributed by atoms with Crippen LogP contribution in [0.1, 0.15) is 5.56 Å². The van der Waals surface area contributed by atoms with Crippen LogP contribution in [0, 0.1) is 11.3 Å². The Balaban J connectivity index is 1.35. The van der Waals surface area contributed by atoms with Crippen molar-refractivity contribution in [2.45, 2.75) is 6.61 Å². The highest BCUT2D eigenvalue weighted by molar-refractivity contribution is 6.00. The number of amides is 2. The summed E-state index contributed by atoms with van der Waals surface area (Å²) < 4.78 is 28.7. The van der Waals surface area contributed by atoms with E-state index in [1.165, 1.54) is 24.3 Å². The van der Waals surface area contributed by atoms with Crippen LogP contribution in [-0.4, -0.2) is 35.9 Å². The van der Waals surface area contributed by atoms with Gasteiger partial charge in [-0.1, -0.05) is 36.4 Å². The summed E-state index contributed by atoms with van der Waals surface area (Å²) in [4.78, 5) is 12.1. The van der Waals surface area contributed by atoms with Crippen LogP contribution in [-0.2, 0) is 0 Å². The summed E-state index contributed by atoms with van der Waals surface area (Å²) in [6, 6.07) is 22.1. The first-order valence-electron chi connectivity index (χ1n) is 10.6. The van der Waals surface area contributed by atoms with Crippen LogP contribution in [0.4, 0.5) is 25.1 Å². The molecular formula is C25H20F2N6O2. The lowest BCUT2D eigenvalue weighted by Gasteiger charge is -2.12. The van der Waals surface area contributed by atoms with Crippen LogP contribution in [0.15, 0.2) is 72.8 Å². The highest BCUT2D eigenvalue weighted by Crippen LogP contribution is 2.29. The van der Waals surface area contributed by atoms with E-state index in [0.29, 0.717) is 35.9 Å². The Kier molecular flexibility index (Phi) is 7.28. The molecule has 0 aliphatic carbocycles. The molecule has 10 heteroatoms. The van der Waals surface area contributed by atoms with Crippen LogP contribution in [0.2, 0.25) is 0 Å². The number of fused-ring (bicyclic) bond motifs is 1. The zero-order chi connectivity index (χ0) is 24.6. The van der Waals surface area contributed by atoms with Crippen LogP contribution < -0.4 is 20.7 Å². The summed E-state index contributed by atoms with van der Waals surface area (Å²) >= 11 is 0. The topological polar surface area (TPSA) is 112 Å². The number of nitriles is 1. The smallest absolute Gasteiger partial charge is 0.387 e. The van der Waals surface area contributed by atoms with Crippen molar-refractivity contribution in [1.82, 2.24) is 15.5 Å². The average molecular weight is 474 g/mol. The molecule has 0 fully saturated rings. The zero-order valence-electron chi connectivity index (χ0n) is 18.3. The normalized spacial score (nSPS) is 10.6. The van der Waals surface area contributed by atoms with Crippen molar-refractivity contribution in [2.24, 2.45) is 0 Å². The molecule has 8 nitrogen and oxygen atoms in total. The van der Waals surface area contributed by atoms with E-state index in [2.05, 4.69) is 37.0 Å². The molecule has 3 aromatic carbocycles. The predicted molar refractivity (Wildman–Crippen MR) is 128 cm³/mol. The summed E-state index contributed by atoms with van der Waals surface area (Å²) in [5.41, 5.74) is 2.57. The zero-order valence-corrected chi connectivity index (χ0v) is 18.3. The first-order valence-corrected chi connectivity index (χ1v) is 10.6. The third kappa shape index (κ3) is 5.97. The number of carbonyl (C=O) groups is 1. The maximum absolute atomic E-state index is 12.2. The highest BCUT2D eigenvalue weighted by atomic mass is 19.3. The van der Waals surface area contributed by atoms with E-state index < -0.39 is 12.6 Å². The second kappa shape index (κ2) is 10.9. The number of hydrogen-bond acceptors (Lipinski definition) is 6. The number of benzene rings is 3. The van der Waals surface area contributed by atoms with Crippen molar-refractivity contribution in [3.8, 4) is 23.1 Å². The van der Waals surface area contributed by atoms with Gasteiger partial charge >= 0.3 is 12.6 Å². The number of ether oxygens (including phenoxy) is 1. The summed E-state index contributed by atoms with van der Waals surface area (Å²) in [5, 5.41) is 28.0. The number of alkyl halides is 2. The molecule has 1 aromatic heterocycles. The molecule has 4 rings (SSSR count). The number of nitrogens with zero attached hydrogens (tertiary/aromatic N) is 3. The van der Waals surface area contributed by atoms with Crippen LogP contribution >= 0.6 is 0 Å². The molecule has 0 unspecified atom stereocenters. The van der Waals surface area contributed by atoms with Gasteiger partial charge in [0.1, 0.15) is 11.4 Å². The summed E-state index contributed by atoms with van der Waals surface area (Å²) in [5.74, 6) is 0.587. The quantitative estimate of drug-likeness (QED) is 0.310. The molecule has 0 aliphatic rings. The molecule has 0 saturated heterocycles. The number of nitrogens with one attached hydrogen (secondary N) is 3. The molecule has 4 aromatic rings. The second-order valence-electron chi connectivity index (χ2n) is 7.34. The minimum atomic E-state index is -2.90. The van der Waals surface area contributed by atoms with Gasteiger partial charge in [-0.3, -0.25) is 0 Å². The molecule has 0 aliphatic heterocycles. The third-order valence-corrected chi connectivity index (χ3v) is 5.02. The first-order chi connectivity index (χ1) is 17.0. The number of urea groups is 1. The standard InChI is InChI=1S/C25H20F2N6O2/c26-24(27)35-19-11-9-18(10-12-19)31-25(34)30-14-13-29-23-21-4-2-1-3-20(21)22(32-33-23)17-7-5-16(15-28)6-8-17/h1-12,24H,13-14H2,(H,29,33)(H2,30,31,34). The van der Waals surface area contributed by atoms with E-state index in [9.17, 15) is 13.6 Å². The van der Waals surface area contributed by atoms with Crippen molar-refractivity contribution in [3.63, 3.8) is 0 Å². The monoisotopic (exact) mass is 474 g/mol. The Hall–Kier alpha value is -4.78. The Morgan fingerprint density at radius 1 is 0.943 bits per heavy atom. The number of aromatic nitrogens is 2. The van der Waals surface area contributed by atoms with Gasteiger partial charge in [0, 0.05) is 35.1 Å². The summed E-state index contributed by atoms with van der Waals surface area (Å²) in [6.07, 6.45) is 0. The summed E-state index contributed by atoms with van der Waals surface area (Å²) in [7, 11) is 0. The third-order valence-electron chi connectivity index (χ3n) is 5.02. The van der Waals surface area contributed by atoms with Crippen molar-refractivity contribution in [2.75, 3.05) is 23.7 Å². The van der Waals surface area contributed by atoms with E-state index in [4.69, 9.17) is 5.26 Å². The molecular weight excluding hydrogens is 454 g/mol. The van der Waals surface area contributed by atoms with Gasteiger partial charge in [0.05, 0.1) is 11.6 Å². The highest BCUT2D eigenvalue weighted by Gasteiger charge is 2.11. The largest absolute Gasteiger partial charge is 0.435 e. The van der Waals surface area contributed by atoms with Gasteiger partial charge < -0.3 is 20.7 Å². The number of rotatable bonds is 8. The molecule has 0 atom stereocenters. The predicted octanol–water partition coefficient (Wildman–Crippen LogP) is 5.00. The minimum absolute atomic E-state index is 0.00805. The maximum Gasteiger partial charge on any atom is 0.387 e. The average Bonchev–Trinajstić information content (AvgIpc) is 2.87. The van der Waals surface area contributed by atoms with Gasteiger partial charge in [-0.15, -0.1) is 10.2 Å². The fraction of sp³-hybridized carbons (Fsp3) is 0.120. The van der Waals surface area contributed by atoms with E-state index in [0.717, 1.165) is 16.3 Å². The van der Waals surface area contributed by atoms with Gasteiger partial charge in [-0.25, -0.2) is 4.79 Å². The minimum Gasteiger partial charge on any atom is -0.435 e. The summed E-state index contributed by atoms with van der Waals surface area (Å²) in [6.45, 7) is -2.21. The Bertz CT molecular complexity index is 1360. The van der Waals surface area contributed by atoms with Gasteiger partial charge in [0.2, 0.25) is 0 Å². The molecule has 3 N–H and O–H groups in total. The first kappa shape index (κ1) is 23.4. The Labute approximate surface area is 199 Å². The molecule has 2 amide bonds. The van der Waals surface area contributed by atoms with Crippen molar-refractivity contribution >= 4 is 28.3 Å². The molecule has 0 radical (unpaired) electrons. The van der Waals surface area contributed by atoms with Crippen LogP contribution in [0.25, 0.3) is 22.0 Å². The number of hydrogen-bond donors (Lipinski definition) is 3. The lowest BCUT2D eigenvalue weighted by Crippen LogP contribution is -2.32. The van der Waals surface area contributed by atoms with E-state index in [1.54, 1.807) is 12.1 Å². The Morgan fingerprint density at radius 2 is 1.66 bits per heavy atom. The lowest BCUT2D eigenvalue weighted by atomic mass is 10.0. The van der Waals surface area contributed by atoms with Crippen molar-refractivity contribution < 1.29 is 18.3 Å². The van der Waals surface area contributed by atoms with Gasteiger partial charge in [-0.05, 0) is 36.4 Å². The fourth-order valence-corrected chi connectivity index (χ4v) is 3.40. The molecule has 0 bridgehead atoms. The number of anilines is 2. The lowest BCUT2D eigenvalue weighted by molar-refractivity contribution is -0.0498. The maximum atomic E-state index is 12.2. The molecule has 35 heavy (non-hydrogen) atoms. The fourth-order valence-electron chi connectivity index (χ4n) is 3.40. The number of carbonyl (C=O) groups excluding carboxylic acids is 1. The molecule has 0 saturated carbocycles. The second-order valence-corrected chi connectivity index (χ2v) is 7.34. The van der Waals surface area contributed by atoms with Gasteiger partial charge in [-0.2, -0.15) is 14.0 Å².